The molecule has 0 amide bonds. The first-order valence-corrected chi connectivity index (χ1v) is 8.23. The van der Waals surface area contributed by atoms with Gasteiger partial charge in [-0.25, -0.2) is 4.39 Å². The van der Waals surface area contributed by atoms with Crippen molar-refractivity contribution in [1.82, 2.24) is 5.32 Å². The van der Waals surface area contributed by atoms with Crippen molar-refractivity contribution >= 4 is 5.69 Å². The summed E-state index contributed by atoms with van der Waals surface area (Å²) in [5.41, 5.74) is 3.46. The van der Waals surface area contributed by atoms with E-state index in [1.165, 1.54) is 17.7 Å². The number of hydrogen-bond donors (Lipinski definition) is 2. The van der Waals surface area contributed by atoms with Gasteiger partial charge in [-0.2, -0.15) is 0 Å². The van der Waals surface area contributed by atoms with Gasteiger partial charge in [-0.15, -0.1) is 0 Å². The second-order valence-corrected chi connectivity index (χ2v) is 5.91. The van der Waals surface area contributed by atoms with Crippen molar-refractivity contribution in [3.8, 4) is 5.75 Å². The molecule has 1 atom stereocenters. The van der Waals surface area contributed by atoms with Crippen LogP contribution in [0.1, 0.15) is 24.5 Å². The first kappa shape index (κ1) is 15.8. The van der Waals surface area contributed by atoms with Crippen molar-refractivity contribution in [3.63, 3.8) is 0 Å². The molecule has 23 heavy (non-hydrogen) atoms. The highest BCUT2D eigenvalue weighted by Gasteiger charge is 2.17. The summed E-state index contributed by atoms with van der Waals surface area (Å²) in [5.74, 6) is 0.758. The van der Waals surface area contributed by atoms with Gasteiger partial charge in [-0.1, -0.05) is 25.1 Å². The number of halogens is 1. The Morgan fingerprint density at radius 3 is 2.74 bits per heavy atom. The summed E-state index contributed by atoms with van der Waals surface area (Å²) in [6.45, 7) is 4.65. The van der Waals surface area contributed by atoms with E-state index in [1.54, 1.807) is 0 Å². The van der Waals surface area contributed by atoms with Gasteiger partial charge < -0.3 is 15.4 Å². The fourth-order valence-corrected chi connectivity index (χ4v) is 2.71. The third kappa shape index (κ3) is 4.23. The van der Waals surface area contributed by atoms with E-state index in [1.807, 2.05) is 12.1 Å². The molecule has 122 valence electrons. The Balaban J connectivity index is 1.48. The van der Waals surface area contributed by atoms with Crippen LogP contribution in [0.5, 0.6) is 5.75 Å². The number of fused-ring (bicyclic) bond motifs is 1. The van der Waals surface area contributed by atoms with Gasteiger partial charge in [0, 0.05) is 6.54 Å². The molecule has 0 saturated carbocycles. The lowest BCUT2D eigenvalue weighted by molar-refractivity contribution is 0.202. The van der Waals surface area contributed by atoms with Crippen molar-refractivity contribution < 1.29 is 9.13 Å². The zero-order valence-electron chi connectivity index (χ0n) is 13.4. The highest BCUT2D eigenvalue weighted by atomic mass is 19.1. The van der Waals surface area contributed by atoms with Crippen molar-refractivity contribution in [1.29, 1.82) is 0 Å². The van der Waals surface area contributed by atoms with Gasteiger partial charge in [-0.3, -0.25) is 0 Å². The van der Waals surface area contributed by atoms with E-state index < -0.39 is 0 Å². The largest absolute Gasteiger partial charge is 0.486 e. The number of hydrogen-bond acceptors (Lipinski definition) is 3. The van der Waals surface area contributed by atoms with Crippen molar-refractivity contribution in [2.24, 2.45) is 0 Å². The fraction of sp³-hybridized carbons (Fsp3) is 0.368. The first-order chi connectivity index (χ1) is 11.2. The van der Waals surface area contributed by atoms with Gasteiger partial charge in [0.25, 0.3) is 0 Å². The molecule has 3 rings (SSSR count). The lowest BCUT2D eigenvalue weighted by Gasteiger charge is -2.27. The number of benzene rings is 2. The molecule has 0 spiro atoms. The van der Waals surface area contributed by atoms with E-state index in [4.69, 9.17) is 4.74 Å². The van der Waals surface area contributed by atoms with Crippen molar-refractivity contribution in [2.45, 2.75) is 32.4 Å². The van der Waals surface area contributed by atoms with E-state index in [0.717, 1.165) is 49.5 Å². The lowest BCUT2D eigenvalue weighted by Crippen LogP contribution is -2.30. The van der Waals surface area contributed by atoms with E-state index in [2.05, 4.69) is 35.8 Å². The van der Waals surface area contributed by atoms with Crippen LogP contribution >= 0.6 is 0 Å². The van der Waals surface area contributed by atoms with Gasteiger partial charge >= 0.3 is 0 Å². The molecule has 1 heterocycles. The minimum absolute atomic E-state index is 0.192. The molecule has 4 heteroatoms. The van der Waals surface area contributed by atoms with Crippen LogP contribution < -0.4 is 15.4 Å². The molecule has 3 nitrogen and oxygen atoms in total. The molecule has 1 aliphatic heterocycles. The Hall–Kier alpha value is -2.07. The summed E-state index contributed by atoms with van der Waals surface area (Å²) >= 11 is 0. The molecule has 0 aromatic heterocycles. The van der Waals surface area contributed by atoms with Crippen LogP contribution in [0.3, 0.4) is 0 Å². The second-order valence-electron chi connectivity index (χ2n) is 5.91. The zero-order chi connectivity index (χ0) is 16.1. The molecule has 1 aliphatic rings. The van der Waals surface area contributed by atoms with Gasteiger partial charge in [0.15, 0.2) is 0 Å². The minimum atomic E-state index is -0.192. The highest BCUT2D eigenvalue weighted by molar-refractivity contribution is 5.59. The Morgan fingerprint density at radius 2 is 1.96 bits per heavy atom. The number of anilines is 1. The smallest absolute Gasteiger partial charge is 0.142 e. The number of ether oxygens (including phenoxy) is 1. The van der Waals surface area contributed by atoms with E-state index in [9.17, 15) is 4.39 Å². The quantitative estimate of drug-likeness (QED) is 0.797. The molecule has 1 unspecified atom stereocenters. The summed E-state index contributed by atoms with van der Waals surface area (Å²) in [5, 5.41) is 6.84. The molecule has 0 saturated heterocycles. The normalized spacial score (nSPS) is 16.3. The maximum atomic E-state index is 12.8. The molecule has 2 N–H and O–H groups in total. The third-order valence-corrected chi connectivity index (χ3v) is 4.15. The van der Waals surface area contributed by atoms with E-state index in [-0.39, 0.29) is 11.9 Å². The van der Waals surface area contributed by atoms with Crippen molar-refractivity contribution in [3.05, 3.63) is 59.4 Å². The molecule has 0 radical (unpaired) electrons. The topological polar surface area (TPSA) is 33.3 Å². The zero-order valence-corrected chi connectivity index (χ0v) is 13.4. The Bertz CT molecular complexity index is 642. The standard InChI is InChI=1S/C19H23FN2O/c1-2-17-13-22-18-11-14(5-8-19(18)23-17)9-10-21-12-15-3-6-16(20)7-4-15/h3-8,11,17,21-22H,2,9-10,12-13H2,1H3. The summed E-state index contributed by atoms with van der Waals surface area (Å²) in [6, 6.07) is 13.0. The highest BCUT2D eigenvalue weighted by Crippen LogP contribution is 2.30. The monoisotopic (exact) mass is 314 g/mol. The van der Waals surface area contributed by atoms with Crippen LogP contribution in [-0.4, -0.2) is 19.2 Å². The maximum absolute atomic E-state index is 12.8. The van der Waals surface area contributed by atoms with E-state index >= 15 is 0 Å². The Morgan fingerprint density at radius 1 is 1.17 bits per heavy atom. The van der Waals surface area contributed by atoms with Crippen LogP contribution in [0.4, 0.5) is 10.1 Å². The Labute approximate surface area is 136 Å². The van der Waals surface area contributed by atoms with Crippen molar-refractivity contribution in [2.75, 3.05) is 18.4 Å². The average molecular weight is 314 g/mol. The third-order valence-electron chi connectivity index (χ3n) is 4.15. The van der Waals surface area contributed by atoms with Gasteiger partial charge in [0.2, 0.25) is 0 Å². The number of nitrogens with one attached hydrogen (secondary N) is 2. The Kier molecular flexibility index (Phi) is 5.13. The van der Waals surface area contributed by atoms with Gasteiger partial charge in [0.05, 0.1) is 12.2 Å². The SMILES string of the molecule is CCC1CNc2cc(CCNCc3ccc(F)cc3)ccc2O1. The molecule has 0 fully saturated rings. The minimum Gasteiger partial charge on any atom is -0.486 e. The first-order valence-electron chi connectivity index (χ1n) is 8.23. The van der Waals surface area contributed by atoms with Crippen LogP contribution in [0.2, 0.25) is 0 Å². The summed E-state index contributed by atoms with van der Waals surface area (Å²) < 4.78 is 18.8. The van der Waals surface area contributed by atoms with E-state index in [0.29, 0.717) is 0 Å². The predicted octanol–water partition coefficient (Wildman–Crippen LogP) is 3.74. The molecule has 2 aromatic rings. The van der Waals surface area contributed by atoms with Crippen LogP contribution in [0, 0.1) is 5.82 Å². The second kappa shape index (κ2) is 7.47. The summed E-state index contributed by atoms with van der Waals surface area (Å²) in [7, 11) is 0. The fourth-order valence-electron chi connectivity index (χ4n) is 2.71. The molecule has 0 bridgehead atoms. The van der Waals surface area contributed by atoms with Crippen LogP contribution in [0.15, 0.2) is 42.5 Å². The number of rotatable bonds is 6. The van der Waals surface area contributed by atoms with Gasteiger partial charge in [0.1, 0.15) is 17.7 Å². The van der Waals surface area contributed by atoms with Crippen LogP contribution in [-0.2, 0) is 13.0 Å². The summed E-state index contributed by atoms with van der Waals surface area (Å²) in [6.07, 6.45) is 2.24. The lowest BCUT2D eigenvalue weighted by atomic mass is 10.1. The molecular weight excluding hydrogens is 291 g/mol. The average Bonchev–Trinajstić information content (AvgIpc) is 2.59. The molecule has 2 aromatic carbocycles. The molecule has 0 aliphatic carbocycles. The maximum Gasteiger partial charge on any atom is 0.142 e. The van der Waals surface area contributed by atoms with Gasteiger partial charge in [-0.05, 0) is 54.8 Å². The summed E-state index contributed by atoms with van der Waals surface area (Å²) in [4.78, 5) is 0. The predicted molar refractivity (Wildman–Crippen MR) is 91.4 cm³/mol. The molecular formula is C19H23FN2O. The van der Waals surface area contributed by atoms with Crippen LogP contribution in [0.25, 0.3) is 0 Å².